The lowest BCUT2D eigenvalue weighted by atomic mass is 10.1. The molecule has 98 valence electrons. The standard InChI is InChI=1S/C14H19NO3/c1-10-7-8-13(17-2)12(9-10)14(16)15-18-11-5-3-4-6-11/h7-9,11H,3-6H2,1-2H3,(H,15,16). The van der Waals surface area contributed by atoms with Gasteiger partial charge in [0.2, 0.25) is 0 Å². The van der Waals surface area contributed by atoms with Crippen LogP contribution in [-0.4, -0.2) is 19.1 Å². The lowest BCUT2D eigenvalue weighted by Crippen LogP contribution is -2.28. The second-order valence-corrected chi connectivity index (χ2v) is 4.66. The van der Waals surface area contributed by atoms with E-state index in [1.54, 1.807) is 19.2 Å². The number of carbonyl (C=O) groups is 1. The smallest absolute Gasteiger partial charge is 0.278 e. The number of benzene rings is 1. The minimum absolute atomic E-state index is 0.157. The van der Waals surface area contributed by atoms with Gasteiger partial charge >= 0.3 is 0 Å². The number of hydroxylamine groups is 1. The summed E-state index contributed by atoms with van der Waals surface area (Å²) in [6.07, 6.45) is 4.55. The molecule has 18 heavy (non-hydrogen) atoms. The fraction of sp³-hybridized carbons (Fsp3) is 0.500. The number of hydrogen-bond donors (Lipinski definition) is 1. The molecule has 1 aromatic carbocycles. The Balaban J connectivity index is 2.00. The monoisotopic (exact) mass is 249 g/mol. The number of hydrogen-bond acceptors (Lipinski definition) is 3. The molecule has 0 heterocycles. The number of amides is 1. The van der Waals surface area contributed by atoms with Crippen molar-refractivity contribution in [3.63, 3.8) is 0 Å². The van der Waals surface area contributed by atoms with Gasteiger partial charge in [-0.3, -0.25) is 9.63 Å². The molecule has 1 N–H and O–H groups in total. The third-order valence-corrected chi connectivity index (χ3v) is 3.22. The predicted molar refractivity (Wildman–Crippen MR) is 68.5 cm³/mol. The van der Waals surface area contributed by atoms with Crippen LogP contribution in [0.1, 0.15) is 41.6 Å². The topological polar surface area (TPSA) is 47.6 Å². The minimum atomic E-state index is -0.248. The second kappa shape index (κ2) is 5.87. The van der Waals surface area contributed by atoms with E-state index in [1.807, 2.05) is 13.0 Å². The number of methoxy groups -OCH3 is 1. The van der Waals surface area contributed by atoms with Gasteiger partial charge in [0.1, 0.15) is 5.75 Å². The highest BCUT2D eigenvalue weighted by atomic mass is 16.7. The predicted octanol–water partition coefficient (Wildman–Crippen LogP) is 2.61. The van der Waals surface area contributed by atoms with Crippen LogP contribution in [0.4, 0.5) is 0 Å². The summed E-state index contributed by atoms with van der Waals surface area (Å²) in [7, 11) is 1.55. The first-order valence-electron chi connectivity index (χ1n) is 6.31. The molecule has 1 aromatic rings. The number of aryl methyl sites for hydroxylation is 1. The third kappa shape index (κ3) is 3.01. The van der Waals surface area contributed by atoms with Crippen molar-refractivity contribution >= 4 is 5.91 Å². The molecular formula is C14H19NO3. The molecule has 4 nitrogen and oxygen atoms in total. The van der Waals surface area contributed by atoms with Crippen LogP contribution in [0.5, 0.6) is 5.75 Å². The molecule has 1 aliphatic rings. The number of rotatable bonds is 4. The van der Waals surface area contributed by atoms with Crippen LogP contribution < -0.4 is 10.2 Å². The number of nitrogens with one attached hydrogen (secondary N) is 1. The molecule has 1 aliphatic carbocycles. The molecule has 0 bridgehead atoms. The van der Waals surface area contributed by atoms with Crippen LogP contribution in [0.3, 0.4) is 0 Å². The quantitative estimate of drug-likeness (QED) is 0.834. The van der Waals surface area contributed by atoms with Gasteiger partial charge in [-0.05, 0) is 31.9 Å². The summed E-state index contributed by atoms with van der Waals surface area (Å²) in [5, 5.41) is 0. The maximum Gasteiger partial charge on any atom is 0.278 e. The van der Waals surface area contributed by atoms with Gasteiger partial charge < -0.3 is 4.74 Å². The van der Waals surface area contributed by atoms with Crippen molar-refractivity contribution in [3.8, 4) is 5.75 Å². The zero-order valence-electron chi connectivity index (χ0n) is 10.9. The van der Waals surface area contributed by atoms with Gasteiger partial charge in [0.15, 0.2) is 0 Å². The molecule has 0 aliphatic heterocycles. The second-order valence-electron chi connectivity index (χ2n) is 4.66. The molecule has 0 spiro atoms. The Labute approximate surface area is 107 Å². The highest BCUT2D eigenvalue weighted by Gasteiger charge is 2.18. The maximum atomic E-state index is 12.0. The molecule has 0 aromatic heterocycles. The molecule has 2 rings (SSSR count). The van der Waals surface area contributed by atoms with Crippen molar-refractivity contribution in [2.75, 3.05) is 7.11 Å². The Kier molecular flexibility index (Phi) is 4.20. The minimum Gasteiger partial charge on any atom is -0.496 e. The molecule has 1 amide bonds. The van der Waals surface area contributed by atoms with Gasteiger partial charge in [-0.1, -0.05) is 24.5 Å². The van der Waals surface area contributed by atoms with E-state index in [0.717, 1.165) is 18.4 Å². The number of carbonyl (C=O) groups excluding carboxylic acids is 1. The zero-order valence-corrected chi connectivity index (χ0v) is 10.9. The van der Waals surface area contributed by atoms with E-state index in [1.165, 1.54) is 12.8 Å². The highest BCUT2D eigenvalue weighted by molar-refractivity contribution is 5.96. The van der Waals surface area contributed by atoms with Crippen molar-refractivity contribution in [2.45, 2.75) is 38.7 Å². The van der Waals surface area contributed by atoms with E-state index in [4.69, 9.17) is 9.57 Å². The molecule has 1 saturated carbocycles. The van der Waals surface area contributed by atoms with E-state index in [0.29, 0.717) is 11.3 Å². The first-order valence-corrected chi connectivity index (χ1v) is 6.31. The third-order valence-electron chi connectivity index (χ3n) is 3.22. The van der Waals surface area contributed by atoms with Gasteiger partial charge in [-0.2, -0.15) is 0 Å². The highest BCUT2D eigenvalue weighted by Crippen LogP contribution is 2.22. The van der Waals surface area contributed by atoms with Gasteiger partial charge in [0, 0.05) is 0 Å². The fourth-order valence-corrected chi connectivity index (χ4v) is 2.20. The van der Waals surface area contributed by atoms with Crippen molar-refractivity contribution < 1.29 is 14.4 Å². The summed E-state index contributed by atoms with van der Waals surface area (Å²) >= 11 is 0. The summed E-state index contributed by atoms with van der Waals surface area (Å²) in [4.78, 5) is 17.4. The molecule has 1 fully saturated rings. The Morgan fingerprint density at radius 2 is 2.06 bits per heavy atom. The summed E-state index contributed by atoms with van der Waals surface area (Å²) in [5.74, 6) is 0.315. The maximum absolute atomic E-state index is 12.0. The van der Waals surface area contributed by atoms with E-state index < -0.39 is 0 Å². The van der Waals surface area contributed by atoms with Gasteiger partial charge in [0.25, 0.3) is 5.91 Å². The molecule has 0 saturated heterocycles. The molecule has 0 radical (unpaired) electrons. The molecule has 4 heteroatoms. The molecule has 0 unspecified atom stereocenters. The average molecular weight is 249 g/mol. The Morgan fingerprint density at radius 1 is 1.33 bits per heavy atom. The number of ether oxygens (including phenoxy) is 1. The van der Waals surface area contributed by atoms with Gasteiger partial charge in [-0.15, -0.1) is 0 Å². The largest absolute Gasteiger partial charge is 0.496 e. The SMILES string of the molecule is COc1ccc(C)cc1C(=O)NOC1CCCC1. The van der Waals surface area contributed by atoms with Crippen LogP contribution in [0.25, 0.3) is 0 Å². The first kappa shape index (κ1) is 12.9. The van der Waals surface area contributed by atoms with Crippen LogP contribution in [-0.2, 0) is 4.84 Å². The van der Waals surface area contributed by atoms with E-state index >= 15 is 0 Å². The van der Waals surface area contributed by atoms with Crippen LogP contribution >= 0.6 is 0 Å². The fourth-order valence-electron chi connectivity index (χ4n) is 2.20. The van der Waals surface area contributed by atoms with Gasteiger partial charge in [0.05, 0.1) is 18.8 Å². The average Bonchev–Trinajstić information content (AvgIpc) is 2.89. The molecule has 0 atom stereocenters. The summed E-state index contributed by atoms with van der Waals surface area (Å²) in [6.45, 7) is 1.94. The Hall–Kier alpha value is -1.55. The van der Waals surface area contributed by atoms with E-state index in [9.17, 15) is 4.79 Å². The van der Waals surface area contributed by atoms with Crippen LogP contribution in [0.15, 0.2) is 18.2 Å². The van der Waals surface area contributed by atoms with Crippen molar-refractivity contribution in [1.29, 1.82) is 0 Å². The van der Waals surface area contributed by atoms with Crippen molar-refractivity contribution in [1.82, 2.24) is 5.48 Å². The van der Waals surface area contributed by atoms with Gasteiger partial charge in [-0.25, -0.2) is 5.48 Å². The normalized spacial score (nSPS) is 15.7. The summed E-state index contributed by atoms with van der Waals surface area (Å²) in [6, 6.07) is 5.50. The van der Waals surface area contributed by atoms with E-state index in [-0.39, 0.29) is 12.0 Å². The van der Waals surface area contributed by atoms with Crippen LogP contribution in [0, 0.1) is 6.92 Å². The van der Waals surface area contributed by atoms with E-state index in [2.05, 4.69) is 5.48 Å². The summed E-state index contributed by atoms with van der Waals surface area (Å²) in [5.41, 5.74) is 4.05. The Bertz CT molecular complexity index is 425. The van der Waals surface area contributed by atoms with Crippen LogP contribution in [0.2, 0.25) is 0 Å². The zero-order chi connectivity index (χ0) is 13.0. The van der Waals surface area contributed by atoms with Crippen molar-refractivity contribution in [2.24, 2.45) is 0 Å². The first-order chi connectivity index (χ1) is 8.70. The lowest BCUT2D eigenvalue weighted by Gasteiger charge is -2.13. The molecular weight excluding hydrogens is 230 g/mol. The Morgan fingerprint density at radius 3 is 2.72 bits per heavy atom. The van der Waals surface area contributed by atoms with Crippen molar-refractivity contribution in [3.05, 3.63) is 29.3 Å². The summed E-state index contributed by atoms with van der Waals surface area (Å²) < 4.78 is 5.18. The lowest BCUT2D eigenvalue weighted by molar-refractivity contribution is -0.0126.